The van der Waals surface area contributed by atoms with Gasteiger partial charge in [0.15, 0.2) is 12.2 Å². The first-order valence-corrected chi connectivity index (χ1v) is 13.4. The Kier molecular flexibility index (Phi) is 11.9. The summed E-state index contributed by atoms with van der Waals surface area (Å²) in [5, 5.41) is 10.1. The zero-order valence-electron chi connectivity index (χ0n) is 23.4. The predicted octanol–water partition coefficient (Wildman–Crippen LogP) is 3.62. The first-order valence-electron chi connectivity index (χ1n) is 13.4. The average Bonchev–Trinajstić information content (AvgIpc) is 2.99. The van der Waals surface area contributed by atoms with E-state index in [0.29, 0.717) is 5.56 Å². The molecule has 2 aromatic heterocycles. The second-order valence-corrected chi connectivity index (χ2v) is 9.58. The molecule has 1 N–H and O–H groups in total. The standard InChI is InChI=1S/C15H23N3O3.C13H18N2O3/c1-17(21-3)15(19)14(20-2)12-7-8-13(16-11-12)18-9-5-4-6-10-18;1-18-12(13(16)17)10-5-6-11(14-9-10)15-7-3-2-4-8-15/h7-8,11,14H,4-6,9-10H2,1-3H3;5-6,9,12H,2-4,7-8H2,1H3,(H,16,17). The highest BCUT2D eigenvalue weighted by Crippen LogP contribution is 2.23. The molecule has 0 bridgehead atoms. The van der Waals surface area contributed by atoms with Crippen molar-refractivity contribution in [1.29, 1.82) is 0 Å². The summed E-state index contributed by atoms with van der Waals surface area (Å²) < 4.78 is 10.2. The number of pyridine rings is 2. The Morgan fingerprint density at radius 3 is 1.54 bits per heavy atom. The third-order valence-electron chi connectivity index (χ3n) is 7.01. The van der Waals surface area contributed by atoms with Crippen molar-refractivity contribution >= 4 is 23.5 Å². The fraction of sp³-hybridized carbons (Fsp3) is 0.571. The molecule has 2 aliphatic rings. The Hall–Kier alpha value is -3.28. The summed E-state index contributed by atoms with van der Waals surface area (Å²) in [6.45, 7) is 4.15. The fourth-order valence-electron chi connectivity index (χ4n) is 4.74. The lowest BCUT2D eigenvalue weighted by Crippen LogP contribution is -2.32. The van der Waals surface area contributed by atoms with Gasteiger partial charge in [-0.05, 0) is 50.7 Å². The van der Waals surface area contributed by atoms with Gasteiger partial charge in [-0.3, -0.25) is 9.63 Å². The van der Waals surface area contributed by atoms with Crippen molar-refractivity contribution in [3.8, 4) is 0 Å². The molecule has 0 saturated carbocycles. The van der Waals surface area contributed by atoms with Gasteiger partial charge >= 0.3 is 5.97 Å². The van der Waals surface area contributed by atoms with Gasteiger partial charge in [0, 0.05) is 71.0 Å². The Morgan fingerprint density at radius 1 is 0.769 bits per heavy atom. The maximum atomic E-state index is 12.1. The van der Waals surface area contributed by atoms with Crippen LogP contribution >= 0.6 is 0 Å². The monoisotopic (exact) mass is 543 g/mol. The molecule has 2 unspecified atom stereocenters. The van der Waals surface area contributed by atoms with E-state index in [1.807, 2.05) is 18.2 Å². The smallest absolute Gasteiger partial charge is 0.337 e. The van der Waals surface area contributed by atoms with Gasteiger partial charge < -0.3 is 24.4 Å². The number of ether oxygens (including phenoxy) is 2. The summed E-state index contributed by atoms with van der Waals surface area (Å²) in [6, 6.07) is 7.49. The second kappa shape index (κ2) is 15.3. The zero-order chi connectivity index (χ0) is 28.2. The number of amides is 1. The predicted molar refractivity (Wildman–Crippen MR) is 148 cm³/mol. The lowest BCUT2D eigenvalue weighted by molar-refractivity contribution is -0.180. The second-order valence-electron chi connectivity index (χ2n) is 9.58. The van der Waals surface area contributed by atoms with E-state index in [1.165, 1.54) is 59.9 Å². The first-order chi connectivity index (χ1) is 18.9. The van der Waals surface area contributed by atoms with Crippen LogP contribution in [0.2, 0.25) is 0 Å². The van der Waals surface area contributed by atoms with Crippen LogP contribution in [0, 0.1) is 0 Å². The summed E-state index contributed by atoms with van der Waals surface area (Å²) in [5.74, 6) is 0.622. The van der Waals surface area contributed by atoms with E-state index in [9.17, 15) is 9.59 Å². The molecule has 0 aromatic carbocycles. The number of carbonyl (C=O) groups excluding carboxylic acids is 1. The van der Waals surface area contributed by atoms with E-state index in [0.717, 1.165) is 48.4 Å². The minimum absolute atomic E-state index is 0.257. The number of hydroxylamine groups is 2. The molecule has 11 heteroatoms. The average molecular weight is 544 g/mol. The largest absolute Gasteiger partial charge is 0.479 e. The van der Waals surface area contributed by atoms with Gasteiger partial charge in [0.05, 0.1) is 7.11 Å². The van der Waals surface area contributed by atoms with Crippen LogP contribution in [-0.2, 0) is 23.9 Å². The molecule has 0 aliphatic carbocycles. The number of carboxylic acid groups (broad SMARTS) is 1. The van der Waals surface area contributed by atoms with E-state index in [-0.39, 0.29) is 5.91 Å². The highest BCUT2D eigenvalue weighted by molar-refractivity contribution is 5.81. The lowest BCUT2D eigenvalue weighted by Gasteiger charge is -2.28. The topological polar surface area (TPSA) is 118 Å². The van der Waals surface area contributed by atoms with Crippen LogP contribution in [0.3, 0.4) is 0 Å². The van der Waals surface area contributed by atoms with Crippen LogP contribution in [0.25, 0.3) is 0 Å². The molecule has 1 amide bonds. The minimum atomic E-state index is -0.995. The van der Waals surface area contributed by atoms with Gasteiger partial charge in [-0.1, -0.05) is 12.1 Å². The third-order valence-corrected chi connectivity index (χ3v) is 7.01. The highest BCUT2D eigenvalue weighted by Gasteiger charge is 2.25. The fourth-order valence-corrected chi connectivity index (χ4v) is 4.74. The molecule has 0 spiro atoms. The number of aliphatic carboxylic acids is 1. The number of likely N-dealkylation sites (N-methyl/N-ethyl adjacent to an activating group) is 1. The van der Waals surface area contributed by atoms with Gasteiger partial charge in [0.2, 0.25) is 0 Å². The summed E-state index contributed by atoms with van der Waals surface area (Å²) in [5.41, 5.74) is 1.30. The van der Waals surface area contributed by atoms with E-state index < -0.39 is 18.2 Å². The van der Waals surface area contributed by atoms with Crippen LogP contribution in [0.15, 0.2) is 36.7 Å². The molecule has 0 radical (unpaired) electrons. The number of rotatable bonds is 9. The molecular weight excluding hydrogens is 502 g/mol. The van der Waals surface area contributed by atoms with E-state index in [2.05, 4.69) is 19.8 Å². The third kappa shape index (κ3) is 8.35. The van der Waals surface area contributed by atoms with Gasteiger partial charge in [-0.25, -0.2) is 19.8 Å². The van der Waals surface area contributed by atoms with Crippen LogP contribution in [-0.4, -0.2) is 86.6 Å². The molecule has 2 saturated heterocycles. The molecule has 2 fully saturated rings. The van der Waals surface area contributed by atoms with E-state index in [4.69, 9.17) is 19.4 Å². The van der Waals surface area contributed by atoms with E-state index in [1.54, 1.807) is 25.5 Å². The Bertz CT molecular complexity index is 1020. The number of nitrogens with zero attached hydrogens (tertiary/aromatic N) is 5. The van der Waals surface area contributed by atoms with Crippen molar-refractivity contribution in [3.05, 3.63) is 47.8 Å². The lowest BCUT2D eigenvalue weighted by atomic mass is 10.1. The maximum Gasteiger partial charge on any atom is 0.337 e. The number of carboxylic acids is 1. The molecule has 4 rings (SSSR count). The number of anilines is 2. The SMILES string of the molecule is COC(C(=O)N(C)OC)c1ccc(N2CCCCC2)nc1.COC(C(=O)O)c1ccc(N2CCCCC2)nc1. The van der Waals surface area contributed by atoms with Crippen molar-refractivity contribution in [2.75, 3.05) is 64.4 Å². The number of methoxy groups -OCH3 is 2. The number of aromatic nitrogens is 2. The molecule has 2 aliphatic heterocycles. The molecular formula is C28H41N5O6. The molecule has 11 nitrogen and oxygen atoms in total. The molecule has 2 aromatic rings. The number of hydrogen-bond donors (Lipinski definition) is 1. The van der Waals surface area contributed by atoms with Crippen LogP contribution in [0.5, 0.6) is 0 Å². The first kappa shape index (κ1) is 30.3. The van der Waals surface area contributed by atoms with Gasteiger partial charge in [-0.15, -0.1) is 0 Å². The Labute approximate surface area is 230 Å². The van der Waals surface area contributed by atoms with Crippen molar-refractivity contribution in [2.45, 2.75) is 50.7 Å². The molecule has 39 heavy (non-hydrogen) atoms. The van der Waals surface area contributed by atoms with Crippen LogP contribution in [0.4, 0.5) is 11.6 Å². The Balaban J connectivity index is 0.000000218. The minimum Gasteiger partial charge on any atom is -0.479 e. The van der Waals surface area contributed by atoms with Crippen LogP contribution in [0.1, 0.15) is 61.9 Å². The number of hydrogen-bond acceptors (Lipinski definition) is 9. The summed E-state index contributed by atoms with van der Waals surface area (Å²) in [6.07, 6.45) is 9.04. The number of piperidine rings is 2. The van der Waals surface area contributed by atoms with Gasteiger partial charge in [-0.2, -0.15) is 0 Å². The van der Waals surface area contributed by atoms with Gasteiger partial charge in [0.1, 0.15) is 11.6 Å². The van der Waals surface area contributed by atoms with Gasteiger partial charge in [0.25, 0.3) is 5.91 Å². The summed E-state index contributed by atoms with van der Waals surface area (Å²) >= 11 is 0. The van der Waals surface area contributed by atoms with E-state index >= 15 is 0 Å². The van der Waals surface area contributed by atoms with Crippen molar-refractivity contribution in [3.63, 3.8) is 0 Å². The summed E-state index contributed by atoms with van der Waals surface area (Å²) in [4.78, 5) is 41.3. The number of carbonyl (C=O) groups is 2. The normalized spacial score (nSPS) is 17.0. The molecule has 2 atom stereocenters. The summed E-state index contributed by atoms with van der Waals surface area (Å²) in [7, 11) is 5.90. The van der Waals surface area contributed by atoms with Crippen molar-refractivity contribution < 1.29 is 29.0 Å². The maximum absolute atomic E-state index is 12.1. The quantitative estimate of drug-likeness (QED) is 0.470. The van der Waals surface area contributed by atoms with Crippen LogP contribution < -0.4 is 9.80 Å². The van der Waals surface area contributed by atoms with Crippen molar-refractivity contribution in [2.24, 2.45) is 0 Å². The molecule has 4 heterocycles. The zero-order valence-corrected chi connectivity index (χ0v) is 23.4. The molecule has 214 valence electrons. The highest BCUT2D eigenvalue weighted by atomic mass is 16.7. The Morgan fingerprint density at radius 2 is 1.21 bits per heavy atom. The van der Waals surface area contributed by atoms with Crippen molar-refractivity contribution in [1.82, 2.24) is 15.0 Å².